The van der Waals surface area contributed by atoms with Crippen LogP contribution in [0.15, 0.2) is 30.3 Å². The van der Waals surface area contributed by atoms with E-state index in [1.54, 1.807) is 0 Å². The fourth-order valence-electron chi connectivity index (χ4n) is 2.05. The molecule has 1 rings (SSSR count). The van der Waals surface area contributed by atoms with E-state index >= 15 is 0 Å². The van der Waals surface area contributed by atoms with Gasteiger partial charge in [-0.25, -0.2) is 0 Å². The highest BCUT2D eigenvalue weighted by Crippen LogP contribution is 2.22. The summed E-state index contributed by atoms with van der Waals surface area (Å²) >= 11 is 0. The van der Waals surface area contributed by atoms with Gasteiger partial charge in [0.05, 0.1) is 0 Å². The molecule has 0 saturated carbocycles. The third kappa shape index (κ3) is 4.05. The van der Waals surface area contributed by atoms with Gasteiger partial charge in [0.1, 0.15) is 0 Å². The van der Waals surface area contributed by atoms with Crippen LogP contribution in [0.3, 0.4) is 0 Å². The molecule has 1 heteroatoms. The van der Waals surface area contributed by atoms with E-state index in [1.165, 1.54) is 18.4 Å². The summed E-state index contributed by atoms with van der Waals surface area (Å²) in [5, 5.41) is 0. The van der Waals surface area contributed by atoms with Crippen molar-refractivity contribution in [1.29, 1.82) is 0 Å². The monoisotopic (exact) mass is 205 g/mol. The lowest BCUT2D eigenvalue weighted by Crippen LogP contribution is -2.18. The molecule has 0 radical (unpaired) electrons. The molecule has 2 atom stereocenters. The molecule has 0 fully saturated rings. The van der Waals surface area contributed by atoms with Crippen LogP contribution in [0, 0.1) is 11.8 Å². The molecule has 0 saturated heterocycles. The van der Waals surface area contributed by atoms with Crippen molar-refractivity contribution in [3.05, 3.63) is 35.9 Å². The minimum atomic E-state index is 0.738. The Bertz CT molecular complexity index is 255. The molecule has 2 unspecified atom stereocenters. The number of hydrogen-bond acceptors (Lipinski definition) is 1. The largest absolute Gasteiger partial charge is 0.330 e. The Morgan fingerprint density at radius 1 is 1.20 bits per heavy atom. The minimum Gasteiger partial charge on any atom is -0.330 e. The first-order valence-electron chi connectivity index (χ1n) is 6.02. The molecule has 1 nitrogen and oxygen atoms in total. The van der Waals surface area contributed by atoms with E-state index in [4.69, 9.17) is 5.73 Å². The molecule has 1 aromatic carbocycles. The maximum Gasteiger partial charge on any atom is -0.00744 e. The average Bonchev–Trinajstić information content (AvgIpc) is 2.29. The van der Waals surface area contributed by atoms with Crippen molar-refractivity contribution in [2.24, 2.45) is 17.6 Å². The van der Waals surface area contributed by atoms with E-state index in [-0.39, 0.29) is 0 Å². The van der Waals surface area contributed by atoms with E-state index in [0.717, 1.165) is 24.8 Å². The predicted octanol–water partition coefficient (Wildman–Crippen LogP) is 3.24. The van der Waals surface area contributed by atoms with E-state index < -0.39 is 0 Å². The molecule has 0 aliphatic heterocycles. The number of hydrogen-bond donors (Lipinski definition) is 1. The molecule has 15 heavy (non-hydrogen) atoms. The molecule has 0 aromatic heterocycles. The van der Waals surface area contributed by atoms with Crippen LogP contribution in [0.4, 0.5) is 0 Å². The van der Waals surface area contributed by atoms with Gasteiger partial charge in [0.15, 0.2) is 0 Å². The molecular formula is C14H23N. The first-order chi connectivity index (χ1) is 7.27. The van der Waals surface area contributed by atoms with Gasteiger partial charge >= 0.3 is 0 Å². The third-order valence-corrected chi connectivity index (χ3v) is 3.33. The summed E-state index contributed by atoms with van der Waals surface area (Å²) in [5.41, 5.74) is 7.12. The Hall–Kier alpha value is -0.820. The lowest BCUT2D eigenvalue weighted by atomic mass is 9.84. The Morgan fingerprint density at radius 2 is 1.87 bits per heavy atom. The van der Waals surface area contributed by atoms with Gasteiger partial charge in [0.25, 0.3) is 0 Å². The standard InChI is InChI=1S/C14H23N/c1-3-12(2)14(9-10-15)11-13-7-5-4-6-8-13/h4-8,12,14H,3,9-11,15H2,1-2H3. The Morgan fingerprint density at radius 3 is 2.40 bits per heavy atom. The minimum absolute atomic E-state index is 0.738. The van der Waals surface area contributed by atoms with Crippen LogP contribution < -0.4 is 5.73 Å². The second kappa shape index (κ2) is 6.62. The highest BCUT2D eigenvalue weighted by molar-refractivity contribution is 5.15. The number of rotatable bonds is 6. The average molecular weight is 205 g/mol. The van der Waals surface area contributed by atoms with E-state index in [2.05, 4.69) is 44.2 Å². The van der Waals surface area contributed by atoms with Crippen LogP contribution in [-0.4, -0.2) is 6.54 Å². The van der Waals surface area contributed by atoms with Crippen molar-refractivity contribution in [3.63, 3.8) is 0 Å². The fraction of sp³-hybridized carbons (Fsp3) is 0.571. The Kier molecular flexibility index (Phi) is 5.41. The van der Waals surface area contributed by atoms with Gasteiger partial charge in [-0.05, 0) is 36.8 Å². The van der Waals surface area contributed by atoms with Gasteiger partial charge in [0, 0.05) is 0 Å². The predicted molar refractivity (Wildman–Crippen MR) is 66.8 cm³/mol. The maximum absolute atomic E-state index is 5.68. The summed E-state index contributed by atoms with van der Waals surface area (Å²) in [5.74, 6) is 1.51. The molecule has 0 bridgehead atoms. The maximum atomic E-state index is 5.68. The van der Waals surface area contributed by atoms with Crippen molar-refractivity contribution in [1.82, 2.24) is 0 Å². The molecular weight excluding hydrogens is 182 g/mol. The van der Waals surface area contributed by atoms with Gasteiger partial charge in [0.2, 0.25) is 0 Å². The SMILES string of the molecule is CCC(C)C(CCN)Cc1ccccc1. The van der Waals surface area contributed by atoms with Gasteiger partial charge < -0.3 is 5.73 Å². The topological polar surface area (TPSA) is 26.0 Å². The van der Waals surface area contributed by atoms with E-state index in [9.17, 15) is 0 Å². The van der Waals surface area contributed by atoms with E-state index in [0.29, 0.717) is 0 Å². The summed E-state index contributed by atoms with van der Waals surface area (Å²) in [6.45, 7) is 5.41. The third-order valence-electron chi connectivity index (χ3n) is 3.33. The lowest BCUT2D eigenvalue weighted by Gasteiger charge is -2.22. The zero-order valence-corrected chi connectivity index (χ0v) is 9.95. The molecule has 1 aromatic rings. The van der Waals surface area contributed by atoms with Crippen LogP contribution in [-0.2, 0) is 6.42 Å². The van der Waals surface area contributed by atoms with Crippen LogP contribution in [0.5, 0.6) is 0 Å². The summed E-state index contributed by atoms with van der Waals surface area (Å²) in [4.78, 5) is 0. The fourth-order valence-corrected chi connectivity index (χ4v) is 2.05. The number of nitrogens with two attached hydrogens (primary N) is 1. The highest BCUT2D eigenvalue weighted by Gasteiger charge is 2.15. The van der Waals surface area contributed by atoms with Crippen LogP contribution in [0.2, 0.25) is 0 Å². The first-order valence-corrected chi connectivity index (χ1v) is 6.02. The van der Waals surface area contributed by atoms with Crippen molar-refractivity contribution < 1.29 is 0 Å². The van der Waals surface area contributed by atoms with Crippen LogP contribution in [0.25, 0.3) is 0 Å². The quantitative estimate of drug-likeness (QED) is 0.758. The van der Waals surface area contributed by atoms with Gasteiger partial charge in [-0.3, -0.25) is 0 Å². The lowest BCUT2D eigenvalue weighted by molar-refractivity contribution is 0.329. The molecule has 2 N–H and O–H groups in total. The molecule has 0 amide bonds. The smallest absolute Gasteiger partial charge is 0.00744 e. The van der Waals surface area contributed by atoms with Crippen molar-refractivity contribution in [2.75, 3.05) is 6.54 Å². The molecule has 0 aliphatic carbocycles. The first kappa shape index (κ1) is 12.3. The van der Waals surface area contributed by atoms with E-state index in [1.807, 2.05) is 0 Å². The summed E-state index contributed by atoms with van der Waals surface area (Å²) in [6, 6.07) is 10.7. The zero-order valence-electron chi connectivity index (χ0n) is 9.95. The highest BCUT2D eigenvalue weighted by atomic mass is 14.5. The van der Waals surface area contributed by atoms with Gasteiger partial charge in [-0.2, -0.15) is 0 Å². The molecule has 84 valence electrons. The summed E-state index contributed by atoms with van der Waals surface area (Å²) in [7, 11) is 0. The van der Waals surface area contributed by atoms with Crippen LogP contribution in [0.1, 0.15) is 32.3 Å². The van der Waals surface area contributed by atoms with Crippen molar-refractivity contribution in [2.45, 2.75) is 33.1 Å². The Balaban J connectivity index is 2.58. The van der Waals surface area contributed by atoms with Crippen LogP contribution >= 0.6 is 0 Å². The zero-order chi connectivity index (χ0) is 11.1. The van der Waals surface area contributed by atoms with Crippen molar-refractivity contribution >= 4 is 0 Å². The van der Waals surface area contributed by atoms with Gasteiger partial charge in [-0.15, -0.1) is 0 Å². The summed E-state index contributed by atoms with van der Waals surface area (Å²) in [6.07, 6.45) is 3.56. The second-order valence-corrected chi connectivity index (χ2v) is 4.41. The van der Waals surface area contributed by atoms with Gasteiger partial charge in [-0.1, -0.05) is 50.6 Å². The molecule has 0 spiro atoms. The Labute approximate surface area is 93.7 Å². The molecule has 0 aliphatic rings. The molecule has 0 heterocycles. The normalized spacial score (nSPS) is 14.9. The summed E-state index contributed by atoms with van der Waals surface area (Å²) < 4.78 is 0. The second-order valence-electron chi connectivity index (χ2n) is 4.41. The number of benzene rings is 1. The van der Waals surface area contributed by atoms with Crippen molar-refractivity contribution in [3.8, 4) is 0 Å².